The van der Waals surface area contributed by atoms with E-state index in [1.54, 1.807) is 0 Å². The molecule has 10 heteroatoms. The van der Waals surface area contributed by atoms with E-state index in [0.717, 1.165) is 17.2 Å². The summed E-state index contributed by atoms with van der Waals surface area (Å²) in [5.41, 5.74) is 2.39. The van der Waals surface area contributed by atoms with Crippen molar-refractivity contribution >= 4 is 33.6 Å². The summed E-state index contributed by atoms with van der Waals surface area (Å²) >= 11 is 0. The van der Waals surface area contributed by atoms with E-state index in [9.17, 15) is 18.0 Å². The van der Waals surface area contributed by atoms with E-state index >= 15 is 0 Å². The van der Waals surface area contributed by atoms with Crippen molar-refractivity contribution in [2.45, 2.75) is 51.5 Å². The van der Waals surface area contributed by atoms with Crippen molar-refractivity contribution in [3.63, 3.8) is 0 Å². The molecule has 3 N–H and O–H groups in total. The lowest BCUT2D eigenvalue weighted by Gasteiger charge is -2.20. The quantitative estimate of drug-likeness (QED) is 0.617. The summed E-state index contributed by atoms with van der Waals surface area (Å²) < 4.78 is 27.0. The van der Waals surface area contributed by atoms with Gasteiger partial charge in [0.15, 0.2) is 5.03 Å². The Morgan fingerprint density at radius 3 is 2.07 bits per heavy atom. The van der Waals surface area contributed by atoms with E-state index in [-0.39, 0.29) is 17.8 Å². The SMILES string of the molecule is CC(=O)Nc1nccc(S(=O)(=O)NC(=O)Nc2c(C(C)C)cccc2C(C)C)n1. The molecule has 0 aliphatic rings. The molecule has 29 heavy (non-hydrogen) atoms. The number of rotatable bonds is 6. The van der Waals surface area contributed by atoms with Gasteiger partial charge < -0.3 is 5.32 Å². The van der Waals surface area contributed by atoms with Crippen LogP contribution in [0.25, 0.3) is 0 Å². The normalized spacial score (nSPS) is 11.4. The third-order valence-electron chi connectivity index (χ3n) is 4.03. The topological polar surface area (TPSA) is 130 Å². The molecular formula is C19H25N5O4S. The van der Waals surface area contributed by atoms with Crippen LogP contribution in [0.3, 0.4) is 0 Å². The Morgan fingerprint density at radius 1 is 0.966 bits per heavy atom. The van der Waals surface area contributed by atoms with Crippen LogP contribution in [0, 0.1) is 0 Å². The lowest BCUT2D eigenvalue weighted by molar-refractivity contribution is -0.114. The Morgan fingerprint density at radius 2 is 1.55 bits per heavy atom. The molecule has 0 unspecified atom stereocenters. The van der Waals surface area contributed by atoms with Crippen LogP contribution in [0.2, 0.25) is 0 Å². The number of hydrogen-bond donors (Lipinski definition) is 3. The smallest absolute Gasteiger partial charge is 0.307 e. The van der Waals surface area contributed by atoms with Gasteiger partial charge in [-0.25, -0.2) is 14.5 Å². The fraction of sp³-hybridized carbons (Fsp3) is 0.368. The molecule has 1 heterocycles. The number of carbonyl (C=O) groups excluding carboxylic acids is 2. The Hall–Kier alpha value is -3.01. The fourth-order valence-electron chi connectivity index (χ4n) is 2.72. The number of carbonyl (C=O) groups is 2. The highest BCUT2D eigenvalue weighted by Crippen LogP contribution is 2.32. The average Bonchev–Trinajstić information content (AvgIpc) is 2.60. The Balaban J connectivity index is 2.28. The van der Waals surface area contributed by atoms with Gasteiger partial charge in [0.05, 0.1) is 0 Å². The summed E-state index contributed by atoms with van der Waals surface area (Å²) in [6.07, 6.45) is 1.18. The van der Waals surface area contributed by atoms with E-state index in [4.69, 9.17) is 0 Å². The molecule has 0 radical (unpaired) electrons. The number of sulfonamides is 1. The van der Waals surface area contributed by atoms with Crippen molar-refractivity contribution in [2.75, 3.05) is 10.6 Å². The second-order valence-electron chi connectivity index (χ2n) is 7.08. The van der Waals surface area contributed by atoms with Crippen LogP contribution in [-0.2, 0) is 14.8 Å². The molecule has 2 aromatic rings. The molecule has 0 bridgehead atoms. The van der Waals surface area contributed by atoms with Crippen molar-refractivity contribution in [3.8, 4) is 0 Å². The van der Waals surface area contributed by atoms with Gasteiger partial charge in [-0.2, -0.15) is 13.4 Å². The molecule has 0 saturated carbocycles. The number of hydrogen-bond acceptors (Lipinski definition) is 6. The van der Waals surface area contributed by atoms with Gasteiger partial charge in [0, 0.05) is 18.8 Å². The zero-order chi connectivity index (χ0) is 21.8. The lowest BCUT2D eigenvalue weighted by Crippen LogP contribution is -2.35. The first-order valence-electron chi connectivity index (χ1n) is 9.08. The van der Waals surface area contributed by atoms with E-state index in [0.29, 0.717) is 5.69 Å². The van der Waals surface area contributed by atoms with Crippen LogP contribution in [0.15, 0.2) is 35.5 Å². The van der Waals surface area contributed by atoms with Crippen LogP contribution < -0.4 is 15.4 Å². The average molecular weight is 420 g/mol. The molecule has 0 atom stereocenters. The molecule has 1 aromatic carbocycles. The van der Waals surface area contributed by atoms with Gasteiger partial charge in [-0.3, -0.25) is 10.1 Å². The van der Waals surface area contributed by atoms with Gasteiger partial charge in [0.2, 0.25) is 11.9 Å². The number of anilines is 2. The van der Waals surface area contributed by atoms with E-state index in [2.05, 4.69) is 20.6 Å². The fourth-order valence-corrected chi connectivity index (χ4v) is 3.56. The highest BCUT2D eigenvalue weighted by molar-refractivity contribution is 7.90. The Kier molecular flexibility index (Phi) is 6.91. The molecule has 0 aliphatic carbocycles. The second kappa shape index (κ2) is 8.99. The number of benzene rings is 1. The van der Waals surface area contributed by atoms with Crippen LogP contribution in [0.1, 0.15) is 57.6 Å². The molecule has 1 aromatic heterocycles. The van der Waals surface area contributed by atoms with Crippen molar-refractivity contribution in [1.29, 1.82) is 0 Å². The Labute approximate surface area is 170 Å². The van der Waals surface area contributed by atoms with Crippen LogP contribution in [0.5, 0.6) is 0 Å². The zero-order valence-electron chi connectivity index (χ0n) is 17.0. The predicted molar refractivity (Wildman–Crippen MR) is 110 cm³/mol. The zero-order valence-corrected chi connectivity index (χ0v) is 17.8. The summed E-state index contributed by atoms with van der Waals surface area (Å²) in [7, 11) is -4.27. The maximum absolute atomic E-state index is 12.5. The molecule has 3 amide bonds. The van der Waals surface area contributed by atoms with Crippen molar-refractivity contribution in [1.82, 2.24) is 14.7 Å². The minimum atomic E-state index is -4.27. The first kappa shape index (κ1) is 22.3. The van der Waals surface area contributed by atoms with Crippen LogP contribution >= 0.6 is 0 Å². The molecule has 2 rings (SSSR count). The number of amides is 3. The highest BCUT2D eigenvalue weighted by Gasteiger charge is 2.22. The first-order chi connectivity index (χ1) is 13.5. The highest BCUT2D eigenvalue weighted by atomic mass is 32.2. The molecule has 0 fully saturated rings. The van der Waals surface area contributed by atoms with Crippen LogP contribution in [0.4, 0.5) is 16.4 Å². The maximum Gasteiger partial charge on any atom is 0.333 e. The summed E-state index contributed by atoms with van der Waals surface area (Å²) in [6.45, 7) is 9.20. The summed E-state index contributed by atoms with van der Waals surface area (Å²) in [4.78, 5) is 31.1. The third kappa shape index (κ3) is 5.74. The molecule has 0 aliphatic heterocycles. The standard InChI is InChI=1S/C19H25N5O4S/c1-11(2)14-7-6-8-15(12(3)4)17(14)23-19(26)24-29(27,28)16-9-10-20-18(22-16)21-13(5)25/h6-12H,1-5H3,(H2,23,24,26)(H,20,21,22,25). The number of aromatic nitrogens is 2. The van der Waals surface area contributed by atoms with Gasteiger partial charge >= 0.3 is 6.03 Å². The maximum atomic E-state index is 12.5. The number of nitrogens with one attached hydrogen (secondary N) is 3. The van der Waals surface area contributed by atoms with Gasteiger partial charge in [-0.15, -0.1) is 0 Å². The molecule has 9 nitrogen and oxygen atoms in total. The summed E-state index contributed by atoms with van der Waals surface area (Å²) in [5.74, 6) is -0.366. The minimum Gasteiger partial charge on any atom is -0.307 e. The molecule has 0 saturated heterocycles. The Bertz CT molecular complexity index is 993. The first-order valence-corrected chi connectivity index (χ1v) is 10.6. The largest absolute Gasteiger partial charge is 0.333 e. The molecule has 156 valence electrons. The second-order valence-corrected chi connectivity index (χ2v) is 8.71. The van der Waals surface area contributed by atoms with Crippen molar-refractivity contribution < 1.29 is 18.0 Å². The van der Waals surface area contributed by atoms with Gasteiger partial charge in [0.1, 0.15) is 0 Å². The molecule has 0 spiro atoms. The van der Waals surface area contributed by atoms with E-state index < -0.39 is 27.0 Å². The third-order valence-corrected chi connectivity index (χ3v) is 5.26. The van der Waals surface area contributed by atoms with Gasteiger partial charge in [-0.1, -0.05) is 45.9 Å². The van der Waals surface area contributed by atoms with Gasteiger partial charge in [0.25, 0.3) is 10.0 Å². The minimum absolute atomic E-state index is 0.127. The van der Waals surface area contributed by atoms with Crippen LogP contribution in [-0.4, -0.2) is 30.3 Å². The summed E-state index contributed by atoms with van der Waals surface area (Å²) in [6, 6.07) is 5.92. The number of nitrogens with zero attached hydrogens (tertiary/aromatic N) is 2. The van der Waals surface area contributed by atoms with E-state index in [1.165, 1.54) is 13.1 Å². The summed E-state index contributed by atoms with van der Waals surface area (Å²) in [5, 5.41) is 4.53. The molecular weight excluding hydrogens is 394 g/mol. The number of urea groups is 1. The number of para-hydroxylation sites is 1. The van der Waals surface area contributed by atoms with Gasteiger partial charge in [-0.05, 0) is 29.0 Å². The lowest BCUT2D eigenvalue weighted by atomic mass is 9.93. The monoisotopic (exact) mass is 419 g/mol. The van der Waals surface area contributed by atoms with E-state index in [1.807, 2.05) is 50.6 Å². The van der Waals surface area contributed by atoms with Crippen molar-refractivity contribution in [2.24, 2.45) is 0 Å². The predicted octanol–water partition coefficient (Wildman–Crippen LogP) is 3.19. The van der Waals surface area contributed by atoms with Crippen molar-refractivity contribution in [3.05, 3.63) is 41.6 Å².